The number of nitrogens with zero attached hydrogens (tertiary/aromatic N) is 2. The van der Waals surface area contributed by atoms with Crippen molar-refractivity contribution in [2.45, 2.75) is 50.1 Å². The van der Waals surface area contributed by atoms with Crippen molar-refractivity contribution in [3.05, 3.63) is 29.8 Å². The molecule has 0 unspecified atom stereocenters. The van der Waals surface area contributed by atoms with Gasteiger partial charge in [-0.1, -0.05) is 43.4 Å². The summed E-state index contributed by atoms with van der Waals surface area (Å²) in [5.41, 5.74) is 0.261. The molecule has 27 heavy (non-hydrogen) atoms. The summed E-state index contributed by atoms with van der Waals surface area (Å²) in [4.78, 5) is 11.7. The van der Waals surface area contributed by atoms with Crippen LogP contribution >= 0.6 is 11.3 Å². The molecule has 1 atom stereocenters. The summed E-state index contributed by atoms with van der Waals surface area (Å²) in [6.07, 6.45) is 0.471. The molecule has 0 bridgehead atoms. The van der Waals surface area contributed by atoms with Gasteiger partial charge in [0.1, 0.15) is 11.4 Å². The van der Waals surface area contributed by atoms with Gasteiger partial charge in [0.2, 0.25) is 15.4 Å². The van der Waals surface area contributed by atoms with Gasteiger partial charge in [0.05, 0.1) is 6.04 Å². The lowest BCUT2D eigenvalue weighted by molar-refractivity contribution is -0.118. The summed E-state index contributed by atoms with van der Waals surface area (Å²) in [6, 6.07) is 6.90. The van der Waals surface area contributed by atoms with Crippen LogP contribution in [0.25, 0.3) is 0 Å². The van der Waals surface area contributed by atoms with E-state index in [1.165, 1.54) is 0 Å². The van der Waals surface area contributed by atoms with Crippen molar-refractivity contribution in [2.24, 2.45) is 5.92 Å². The first-order valence-electron chi connectivity index (χ1n) is 8.52. The zero-order valence-corrected chi connectivity index (χ0v) is 17.1. The molecule has 0 spiro atoms. The van der Waals surface area contributed by atoms with Crippen LogP contribution in [0.15, 0.2) is 28.6 Å². The molecule has 0 radical (unpaired) electrons. The maximum Gasteiger partial charge on any atom is 0.270 e. The monoisotopic (exact) mass is 410 g/mol. The Morgan fingerprint density at radius 2 is 2.00 bits per heavy atom. The van der Waals surface area contributed by atoms with E-state index in [-0.39, 0.29) is 21.3 Å². The quantitative estimate of drug-likeness (QED) is 0.734. The molecule has 2 heterocycles. The second-order valence-corrected chi connectivity index (χ2v) is 10.2. The van der Waals surface area contributed by atoms with Crippen molar-refractivity contribution in [1.29, 1.82) is 0 Å². The lowest BCUT2D eigenvalue weighted by Crippen LogP contribution is -2.41. The lowest BCUT2D eigenvalue weighted by atomic mass is 9.90. The van der Waals surface area contributed by atoms with Crippen LogP contribution in [0.2, 0.25) is 0 Å². The number of rotatable bonds is 5. The van der Waals surface area contributed by atoms with Gasteiger partial charge in [0, 0.05) is 17.9 Å². The molecule has 0 saturated carbocycles. The topological polar surface area (TPSA) is 110 Å². The van der Waals surface area contributed by atoms with Crippen molar-refractivity contribution in [3.63, 3.8) is 0 Å². The number of fused-ring (bicyclic) bond motifs is 1. The van der Waals surface area contributed by atoms with Gasteiger partial charge in [-0.2, -0.15) is 0 Å². The van der Waals surface area contributed by atoms with E-state index in [2.05, 4.69) is 20.2 Å². The number of amides is 1. The molecule has 2 aromatic rings. The van der Waals surface area contributed by atoms with Crippen LogP contribution < -0.4 is 14.8 Å². The van der Waals surface area contributed by atoms with Gasteiger partial charge < -0.3 is 10.1 Å². The number of benzene rings is 1. The van der Waals surface area contributed by atoms with E-state index in [4.69, 9.17) is 4.74 Å². The van der Waals surface area contributed by atoms with Gasteiger partial charge >= 0.3 is 0 Å². The normalized spacial score (nSPS) is 18.6. The lowest BCUT2D eigenvalue weighted by Gasteiger charge is -2.37. The molecule has 2 N–H and O–H groups in total. The number of hydrogen-bond acceptors (Lipinski definition) is 7. The number of aromatic nitrogens is 2. The number of carbonyl (C=O) groups is 1. The van der Waals surface area contributed by atoms with E-state index in [0.717, 1.165) is 16.9 Å². The smallest absolute Gasteiger partial charge is 0.270 e. The van der Waals surface area contributed by atoms with Crippen LogP contribution in [0.4, 0.5) is 5.13 Å². The Bertz CT molecular complexity index is 953. The fraction of sp³-hybridized carbons (Fsp3) is 0.471. The molecule has 146 valence electrons. The van der Waals surface area contributed by atoms with Gasteiger partial charge in [0.25, 0.3) is 10.0 Å². The number of sulfonamides is 1. The minimum atomic E-state index is -3.90. The third kappa shape index (κ3) is 4.45. The van der Waals surface area contributed by atoms with Crippen molar-refractivity contribution in [2.75, 3.05) is 5.32 Å². The highest BCUT2D eigenvalue weighted by atomic mass is 32.2. The Morgan fingerprint density at radius 3 is 2.70 bits per heavy atom. The molecule has 10 heteroatoms. The van der Waals surface area contributed by atoms with Crippen LogP contribution in [0.3, 0.4) is 0 Å². The van der Waals surface area contributed by atoms with Gasteiger partial charge in [-0.3, -0.25) is 4.79 Å². The van der Waals surface area contributed by atoms with Gasteiger partial charge in [-0.15, -0.1) is 10.2 Å². The predicted octanol–water partition coefficient (Wildman–Crippen LogP) is 2.71. The van der Waals surface area contributed by atoms with Crippen LogP contribution in [0, 0.1) is 5.92 Å². The third-order valence-corrected chi connectivity index (χ3v) is 6.74. The Kier molecular flexibility index (Phi) is 5.24. The highest BCUT2D eigenvalue weighted by Gasteiger charge is 2.36. The zero-order valence-electron chi connectivity index (χ0n) is 15.5. The molecule has 0 aliphatic carbocycles. The van der Waals surface area contributed by atoms with Crippen molar-refractivity contribution in [3.8, 4) is 5.75 Å². The second-order valence-electron chi connectivity index (χ2n) is 7.29. The SMILES string of the molecule is CC(C)C(=O)Nc1nnc(S(=O)(=O)N[C@H]2CC(C)(C)Oc3ccccc32)s1. The average Bonchev–Trinajstić information content (AvgIpc) is 3.02. The molecule has 1 aromatic carbocycles. The van der Waals surface area contributed by atoms with E-state index < -0.39 is 21.7 Å². The van der Waals surface area contributed by atoms with Gasteiger partial charge in [-0.05, 0) is 19.9 Å². The molecular formula is C17H22N4O4S2. The molecule has 0 fully saturated rings. The molecule has 8 nitrogen and oxygen atoms in total. The largest absolute Gasteiger partial charge is 0.487 e. The maximum atomic E-state index is 12.8. The fourth-order valence-electron chi connectivity index (χ4n) is 2.76. The van der Waals surface area contributed by atoms with Crippen molar-refractivity contribution >= 4 is 32.4 Å². The summed E-state index contributed by atoms with van der Waals surface area (Å²) in [5, 5.41) is 10.2. The molecule has 1 aliphatic rings. The first-order valence-corrected chi connectivity index (χ1v) is 10.8. The Morgan fingerprint density at radius 1 is 1.30 bits per heavy atom. The fourth-order valence-corrected chi connectivity index (χ4v) is 4.90. The summed E-state index contributed by atoms with van der Waals surface area (Å²) in [6.45, 7) is 7.29. The minimum Gasteiger partial charge on any atom is -0.487 e. The molecule has 0 saturated heterocycles. The third-order valence-electron chi connectivity index (χ3n) is 4.06. The van der Waals surface area contributed by atoms with Crippen LogP contribution in [0.5, 0.6) is 5.75 Å². The number of para-hydroxylation sites is 1. The molecule has 1 aromatic heterocycles. The molecule has 3 rings (SSSR count). The second kappa shape index (κ2) is 7.17. The Balaban J connectivity index is 1.83. The molecular weight excluding hydrogens is 388 g/mol. The van der Waals surface area contributed by atoms with E-state index in [9.17, 15) is 13.2 Å². The van der Waals surface area contributed by atoms with E-state index in [1.54, 1.807) is 13.8 Å². The standard InChI is InChI=1S/C17H22N4O4S2/c1-10(2)14(22)18-15-19-20-16(26-15)27(23,24)21-12-9-17(3,4)25-13-8-6-5-7-11(12)13/h5-8,10,12,21H,9H2,1-4H3,(H,18,19,22)/t12-/m0/s1. The number of carbonyl (C=O) groups excluding carboxylic acids is 1. The zero-order chi connectivity index (χ0) is 19.8. The average molecular weight is 411 g/mol. The number of hydrogen-bond donors (Lipinski definition) is 2. The summed E-state index contributed by atoms with van der Waals surface area (Å²) in [7, 11) is -3.90. The number of ether oxygens (including phenoxy) is 1. The van der Waals surface area contributed by atoms with Crippen molar-refractivity contribution < 1.29 is 17.9 Å². The van der Waals surface area contributed by atoms with Crippen molar-refractivity contribution in [1.82, 2.24) is 14.9 Å². The Labute approximate surface area is 162 Å². The summed E-state index contributed by atoms with van der Waals surface area (Å²) >= 11 is 0.819. The van der Waals surface area contributed by atoms with Gasteiger partial charge in [0.15, 0.2) is 0 Å². The Hall–Kier alpha value is -2.04. The highest BCUT2D eigenvalue weighted by molar-refractivity contribution is 7.91. The first kappa shape index (κ1) is 19.7. The molecule has 1 amide bonds. The predicted molar refractivity (Wildman–Crippen MR) is 102 cm³/mol. The van der Waals surface area contributed by atoms with Gasteiger partial charge in [-0.25, -0.2) is 13.1 Å². The maximum absolute atomic E-state index is 12.8. The summed E-state index contributed by atoms with van der Waals surface area (Å²) in [5.74, 6) is 0.166. The van der Waals surface area contributed by atoms with E-state index >= 15 is 0 Å². The first-order chi connectivity index (χ1) is 12.6. The highest BCUT2D eigenvalue weighted by Crippen LogP contribution is 2.40. The van der Waals surface area contributed by atoms with E-state index in [0.29, 0.717) is 12.2 Å². The summed E-state index contributed by atoms with van der Waals surface area (Å²) < 4.78 is 34.0. The molecule has 1 aliphatic heterocycles. The number of anilines is 1. The van der Waals surface area contributed by atoms with Crippen LogP contribution in [-0.4, -0.2) is 30.1 Å². The minimum absolute atomic E-state index is 0.154. The van der Waals surface area contributed by atoms with Crippen LogP contribution in [-0.2, 0) is 14.8 Å². The van der Waals surface area contributed by atoms with E-state index in [1.807, 2.05) is 38.1 Å². The van der Waals surface area contributed by atoms with Crippen LogP contribution in [0.1, 0.15) is 45.7 Å². The number of nitrogens with one attached hydrogen (secondary N) is 2.